The number of carboxylic acid groups (broad SMARTS) is 1. The Morgan fingerprint density at radius 1 is 0.868 bits per heavy atom. The van der Waals surface area contributed by atoms with Crippen molar-refractivity contribution in [1.82, 2.24) is 14.0 Å². The van der Waals surface area contributed by atoms with Crippen molar-refractivity contribution in [1.29, 1.82) is 0 Å². The zero-order valence-corrected chi connectivity index (χ0v) is 22.4. The number of carboxylic acids is 1. The maximum Gasteiger partial charge on any atom is 0.335 e. The summed E-state index contributed by atoms with van der Waals surface area (Å²) in [5.41, 5.74) is 8.50. The normalized spacial score (nSPS) is 18.9. The molecule has 2 aliphatic heterocycles. The number of aromatic nitrogens is 2. The summed E-state index contributed by atoms with van der Waals surface area (Å²) >= 11 is 0. The van der Waals surface area contributed by atoms with E-state index in [0.717, 1.165) is 38.0 Å². The molecule has 1 saturated heterocycles. The zero-order valence-electron chi connectivity index (χ0n) is 22.4. The van der Waals surface area contributed by atoms with Crippen LogP contribution in [0.5, 0.6) is 0 Å². The number of aryl methyl sites for hydroxylation is 2. The van der Waals surface area contributed by atoms with E-state index < -0.39 is 5.97 Å². The first-order valence-corrected chi connectivity index (χ1v) is 14.9. The molecule has 2 aromatic heterocycles. The van der Waals surface area contributed by atoms with Crippen LogP contribution in [0.25, 0.3) is 33.1 Å². The molecule has 0 spiro atoms. The Hall–Kier alpha value is -3.05. The van der Waals surface area contributed by atoms with Crippen LogP contribution in [0.15, 0.2) is 42.6 Å². The van der Waals surface area contributed by atoms with E-state index in [1.165, 1.54) is 103 Å². The summed E-state index contributed by atoms with van der Waals surface area (Å²) in [5, 5.41) is 12.5. The molecule has 0 bridgehead atoms. The third-order valence-corrected chi connectivity index (χ3v) is 9.54. The molecule has 1 saturated carbocycles. The predicted octanol–water partition coefficient (Wildman–Crippen LogP) is 7.44. The Morgan fingerprint density at radius 2 is 1.68 bits per heavy atom. The highest BCUT2D eigenvalue weighted by Crippen LogP contribution is 2.47. The molecule has 7 rings (SSSR count). The molecule has 4 heterocycles. The summed E-state index contributed by atoms with van der Waals surface area (Å²) < 4.78 is 5.00. The number of hydrogen-bond acceptors (Lipinski definition) is 2. The predicted molar refractivity (Wildman–Crippen MR) is 154 cm³/mol. The van der Waals surface area contributed by atoms with Crippen molar-refractivity contribution in [3.05, 3.63) is 59.3 Å². The lowest BCUT2D eigenvalue weighted by Crippen LogP contribution is -2.32. The Kier molecular flexibility index (Phi) is 6.27. The summed E-state index contributed by atoms with van der Waals surface area (Å²) in [7, 11) is 0. The number of likely N-dealkylation sites (tertiary alicyclic amines) is 1. The second kappa shape index (κ2) is 9.92. The standard InChI is InChI=1S/C33H39N3O2/c37-33(38)24-14-15-26-29(21-24)36-18-8-11-25-22-35(20-19-34-16-5-2-6-17-34)28-13-7-12-27(30(25)28)32(36)31(26)23-9-3-1-4-10-23/h7,12-15,21-23H,1-6,8-11,16-20H2,(H,37,38). The van der Waals surface area contributed by atoms with Gasteiger partial charge >= 0.3 is 5.97 Å². The van der Waals surface area contributed by atoms with Gasteiger partial charge in [-0.1, -0.05) is 43.9 Å². The molecule has 5 heteroatoms. The third kappa shape index (κ3) is 4.07. The van der Waals surface area contributed by atoms with E-state index in [1.807, 2.05) is 12.1 Å². The minimum Gasteiger partial charge on any atom is -0.478 e. The molecule has 198 valence electrons. The van der Waals surface area contributed by atoms with Crippen molar-refractivity contribution in [2.75, 3.05) is 19.6 Å². The van der Waals surface area contributed by atoms with Gasteiger partial charge in [0, 0.05) is 53.2 Å². The van der Waals surface area contributed by atoms with Crippen molar-refractivity contribution in [2.24, 2.45) is 0 Å². The number of piperidine rings is 1. The molecule has 0 atom stereocenters. The maximum atomic E-state index is 11.9. The van der Waals surface area contributed by atoms with E-state index in [1.54, 1.807) is 0 Å². The molecule has 0 amide bonds. The van der Waals surface area contributed by atoms with Crippen LogP contribution in [0.1, 0.15) is 85.2 Å². The van der Waals surface area contributed by atoms with Crippen molar-refractivity contribution < 1.29 is 9.90 Å². The van der Waals surface area contributed by atoms with Gasteiger partial charge in [0.2, 0.25) is 0 Å². The van der Waals surface area contributed by atoms with Crippen LogP contribution >= 0.6 is 0 Å². The molecule has 0 radical (unpaired) electrons. The minimum absolute atomic E-state index is 0.387. The average molecular weight is 510 g/mol. The number of hydrogen-bond donors (Lipinski definition) is 1. The fourth-order valence-corrected chi connectivity index (χ4v) is 7.71. The van der Waals surface area contributed by atoms with Gasteiger partial charge in [-0.15, -0.1) is 0 Å². The maximum absolute atomic E-state index is 11.9. The van der Waals surface area contributed by atoms with Crippen LogP contribution in [0, 0.1) is 0 Å². The fourth-order valence-electron chi connectivity index (χ4n) is 7.71. The van der Waals surface area contributed by atoms with E-state index in [2.05, 4.69) is 44.5 Å². The van der Waals surface area contributed by atoms with Gasteiger partial charge < -0.3 is 19.1 Å². The second-order valence-corrected chi connectivity index (χ2v) is 11.8. The van der Waals surface area contributed by atoms with Gasteiger partial charge in [-0.3, -0.25) is 0 Å². The van der Waals surface area contributed by atoms with Crippen molar-refractivity contribution in [3.63, 3.8) is 0 Å². The lowest BCUT2D eigenvalue weighted by Gasteiger charge is -2.26. The highest BCUT2D eigenvalue weighted by atomic mass is 16.4. The largest absolute Gasteiger partial charge is 0.478 e. The number of nitrogens with zero attached hydrogens (tertiary/aromatic N) is 3. The van der Waals surface area contributed by atoms with Crippen LogP contribution < -0.4 is 0 Å². The first-order valence-electron chi connectivity index (χ1n) is 14.9. The quantitative estimate of drug-likeness (QED) is 0.304. The van der Waals surface area contributed by atoms with E-state index >= 15 is 0 Å². The average Bonchev–Trinajstić information content (AvgIpc) is 3.47. The molecule has 1 aliphatic carbocycles. The van der Waals surface area contributed by atoms with E-state index in [4.69, 9.17) is 0 Å². The zero-order chi connectivity index (χ0) is 25.6. The Balaban J connectivity index is 1.41. The van der Waals surface area contributed by atoms with Crippen LogP contribution in [0.2, 0.25) is 0 Å². The molecular weight excluding hydrogens is 470 g/mol. The number of rotatable bonds is 5. The van der Waals surface area contributed by atoms with E-state index in [9.17, 15) is 9.90 Å². The molecule has 3 aliphatic rings. The number of aromatic carboxylic acids is 1. The highest BCUT2D eigenvalue weighted by Gasteiger charge is 2.29. The van der Waals surface area contributed by atoms with Crippen molar-refractivity contribution >= 4 is 27.8 Å². The first-order chi connectivity index (χ1) is 18.7. The van der Waals surface area contributed by atoms with E-state index in [-0.39, 0.29) is 0 Å². The molecule has 2 fully saturated rings. The lowest BCUT2D eigenvalue weighted by atomic mass is 9.81. The Bertz CT molecular complexity index is 1500. The molecule has 2 aromatic carbocycles. The lowest BCUT2D eigenvalue weighted by molar-refractivity contribution is 0.0697. The molecular formula is C33H39N3O2. The van der Waals surface area contributed by atoms with Crippen molar-refractivity contribution in [2.45, 2.75) is 83.2 Å². The first kappa shape index (κ1) is 24.0. The van der Waals surface area contributed by atoms with Crippen LogP contribution in [0.3, 0.4) is 0 Å². The van der Waals surface area contributed by atoms with Crippen molar-refractivity contribution in [3.8, 4) is 11.3 Å². The number of benzene rings is 2. The minimum atomic E-state index is -0.845. The second-order valence-electron chi connectivity index (χ2n) is 11.8. The summed E-state index contributed by atoms with van der Waals surface area (Å²) in [6.07, 6.45) is 15.0. The molecule has 4 aromatic rings. The molecule has 1 N–H and O–H groups in total. The fraction of sp³-hybridized carbons (Fsp3) is 0.485. The number of carbonyl (C=O) groups is 1. The molecule has 38 heavy (non-hydrogen) atoms. The Morgan fingerprint density at radius 3 is 2.50 bits per heavy atom. The van der Waals surface area contributed by atoms with Gasteiger partial charge in [-0.25, -0.2) is 4.79 Å². The topological polar surface area (TPSA) is 50.4 Å². The monoisotopic (exact) mass is 509 g/mol. The smallest absolute Gasteiger partial charge is 0.335 e. The van der Waals surface area contributed by atoms with Crippen LogP contribution in [-0.2, 0) is 19.5 Å². The highest BCUT2D eigenvalue weighted by molar-refractivity contribution is 6.04. The van der Waals surface area contributed by atoms with Gasteiger partial charge in [0.1, 0.15) is 0 Å². The van der Waals surface area contributed by atoms with Gasteiger partial charge in [0.25, 0.3) is 0 Å². The SMILES string of the molecule is O=C(O)c1ccc2c(C3CCCCC3)c3n(c2c1)CCCc1cn(CCN2CCCCC2)c2cccc-3c12. The van der Waals surface area contributed by atoms with Gasteiger partial charge in [-0.05, 0) is 86.9 Å². The molecule has 0 unspecified atom stereocenters. The van der Waals surface area contributed by atoms with Gasteiger partial charge in [-0.2, -0.15) is 0 Å². The van der Waals surface area contributed by atoms with E-state index in [0.29, 0.717) is 11.5 Å². The molecule has 5 nitrogen and oxygen atoms in total. The number of fused-ring (bicyclic) bond motifs is 4. The van der Waals surface area contributed by atoms with Gasteiger partial charge in [0.15, 0.2) is 0 Å². The summed E-state index contributed by atoms with van der Waals surface area (Å²) in [4.78, 5) is 14.6. The third-order valence-electron chi connectivity index (χ3n) is 9.54. The summed E-state index contributed by atoms with van der Waals surface area (Å²) in [5.74, 6) is -0.305. The Labute approximate surface area is 225 Å². The summed E-state index contributed by atoms with van der Waals surface area (Å²) in [6, 6.07) is 12.7. The summed E-state index contributed by atoms with van der Waals surface area (Å²) in [6.45, 7) is 5.57. The van der Waals surface area contributed by atoms with Crippen LogP contribution in [0.4, 0.5) is 0 Å². The van der Waals surface area contributed by atoms with Crippen LogP contribution in [-0.4, -0.2) is 44.7 Å². The van der Waals surface area contributed by atoms with Gasteiger partial charge in [0.05, 0.1) is 11.3 Å².